The van der Waals surface area contributed by atoms with E-state index in [1.54, 1.807) is 15.6 Å². The molecule has 7 nitrogen and oxygen atoms in total. The number of hydrogen-bond donors (Lipinski definition) is 1. The van der Waals surface area contributed by atoms with E-state index >= 15 is 0 Å². The first-order chi connectivity index (χ1) is 11.3. The van der Waals surface area contributed by atoms with Crippen LogP contribution in [0.25, 0.3) is 5.52 Å². The quantitative estimate of drug-likeness (QED) is 0.844. The van der Waals surface area contributed by atoms with Crippen LogP contribution in [0.1, 0.15) is 33.6 Å². The van der Waals surface area contributed by atoms with Gasteiger partial charge in [0.15, 0.2) is 0 Å². The third-order valence-corrected chi connectivity index (χ3v) is 4.52. The number of amides is 1. The van der Waals surface area contributed by atoms with Gasteiger partial charge < -0.3 is 15.0 Å². The molecule has 1 fully saturated rings. The van der Waals surface area contributed by atoms with Gasteiger partial charge >= 0.3 is 6.09 Å². The topological polar surface area (TPSA) is 71.8 Å². The number of carbonyl (C=O) groups excluding carboxylic acids is 1. The van der Waals surface area contributed by atoms with Crippen molar-refractivity contribution in [1.82, 2.24) is 19.5 Å². The highest BCUT2D eigenvalue weighted by molar-refractivity contribution is 9.10. The second-order valence-corrected chi connectivity index (χ2v) is 7.82. The van der Waals surface area contributed by atoms with Crippen LogP contribution in [0.15, 0.2) is 22.9 Å². The lowest BCUT2D eigenvalue weighted by molar-refractivity contribution is 0.0210. The Morgan fingerprint density at radius 2 is 2.08 bits per heavy atom. The van der Waals surface area contributed by atoms with Crippen molar-refractivity contribution in [2.45, 2.75) is 45.3 Å². The predicted molar refractivity (Wildman–Crippen MR) is 95.1 cm³/mol. The van der Waals surface area contributed by atoms with Crippen molar-refractivity contribution >= 4 is 33.5 Å². The Hall–Kier alpha value is -1.83. The van der Waals surface area contributed by atoms with Gasteiger partial charge in [-0.3, -0.25) is 0 Å². The predicted octanol–water partition coefficient (Wildman–Crippen LogP) is 3.30. The first-order valence-corrected chi connectivity index (χ1v) is 8.85. The molecule has 3 heterocycles. The Labute approximate surface area is 149 Å². The minimum absolute atomic E-state index is 0.240. The number of carbonyl (C=O) groups is 1. The maximum absolute atomic E-state index is 12.1. The summed E-state index contributed by atoms with van der Waals surface area (Å²) >= 11 is 3.46. The van der Waals surface area contributed by atoms with Gasteiger partial charge in [0, 0.05) is 29.8 Å². The van der Waals surface area contributed by atoms with E-state index in [-0.39, 0.29) is 12.1 Å². The summed E-state index contributed by atoms with van der Waals surface area (Å²) in [4.78, 5) is 18.2. The summed E-state index contributed by atoms with van der Waals surface area (Å²) in [6.45, 7) is 6.98. The molecule has 24 heavy (non-hydrogen) atoms. The average Bonchev–Trinajstić information content (AvgIpc) is 2.87. The van der Waals surface area contributed by atoms with Crippen LogP contribution >= 0.6 is 15.9 Å². The summed E-state index contributed by atoms with van der Waals surface area (Å²) in [7, 11) is 0. The third-order valence-electron chi connectivity index (χ3n) is 3.85. The normalized spacial score (nSPS) is 16.4. The number of halogens is 1. The maximum Gasteiger partial charge on any atom is 0.410 e. The Balaban J connectivity index is 1.55. The summed E-state index contributed by atoms with van der Waals surface area (Å²) in [5.41, 5.74) is 0.473. The van der Waals surface area contributed by atoms with E-state index in [0.29, 0.717) is 19.0 Å². The molecule has 1 saturated heterocycles. The molecule has 0 bridgehead atoms. The monoisotopic (exact) mass is 395 g/mol. The van der Waals surface area contributed by atoms with E-state index in [1.165, 1.54) is 0 Å². The molecule has 0 atom stereocenters. The number of ether oxygens (including phenoxy) is 1. The minimum atomic E-state index is -0.458. The summed E-state index contributed by atoms with van der Waals surface area (Å²) in [6.07, 6.45) is 5.12. The molecule has 0 unspecified atom stereocenters. The highest BCUT2D eigenvalue weighted by Crippen LogP contribution is 2.20. The van der Waals surface area contributed by atoms with E-state index in [1.807, 2.05) is 33.0 Å². The molecule has 2 aromatic rings. The van der Waals surface area contributed by atoms with Gasteiger partial charge in [0.1, 0.15) is 5.60 Å². The van der Waals surface area contributed by atoms with E-state index in [9.17, 15) is 4.79 Å². The molecule has 2 aromatic heterocycles. The van der Waals surface area contributed by atoms with Crippen molar-refractivity contribution in [3.63, 3.8) is 0 Å². The largest absolute Gasteiger partial charge is 0.444 e. The van der Waals surface area contributed by atoms with Gasteiger partial charge in [0.25, 0.3) is 0 Å². The molecule has 1 aliphatic heterocycles. The van der Waals surface area contributed by atoms with Crippen molar-refractivity contribution in [2.75, 3.05) is 18.4 Å². The Morgan fingerprint density at radius 1 is 1.38 bits per heavy atom. The van der Waals surface area contributed by atoms with E-state index in [4.69, 9.17) is 4.74 Å². The van der Waals surface area contributed by atoms with E-state index in [2.05, 4.69) is 31.3 Å². The lowest BCUT2D eigenvalue weighted by Crippen LogP contribution is -2.44. The highest BCUT2D eigenvalue weighted by atomic mass is 79.9. The molecule has 0 aromatic carbocycles. The fourth-order valence-corrected chi connectivity index (χ4v) is 3.05. The summed E-state index contributed by atoms with van der Waals surface area (Å²) in [5, 5.41) is 7.80. The van der Waals surface area contributed by atoms with Crippen LogP contribution < -0.4 is 5.32 Å². The average molecular weight is 396 g/mol. The summed E-state index contributed by atoms with van der Waals surface area (Å²) in [5.74, 6) is 0.598. The van der Waals surface area contributed by atoms with Crippen LogP contribution in [0.5, 0.6) is 0 Å². The summed E-state index contributed by atoms with van der Waals surface area (Å²) in [6, 6.07) is 2.19. The summed E-state index contributed by atoms with van der Waals surface area (Å²) < 4.78 is 8.17. The molecular weight excluding hydrogens is 374 g/mol. The van der Waals surface area contributed by atoms with Gasteiger partial charge in [0.2, 0.25) is 5.95 Å². The molecule has 1 aliphatic rings. The zero-order valence-electron chi connectivity index (χ0n) is 14.1. The van der Waals surface area contributed by atoms with Crippen molar-refractivity contribution < 1.29 is 9.53 Å². The molecule has 8 heteroatoms. The minimum Gasteiger partial charge on any atom is -0.444 e. The van der Waals surface area contributed by atoms with Crippen LogP contribution in [0, 0.1) is 0 Å². The molecular formula is C16H22BrN5O2. The van der Waals surface area contributed by atoms with Crippen molar-refractivity contribution in [2.24, 2.45) is 0 Å². The molecule has 1 N–H and O–H groups in total. The number of nitrogens with zero attached hydrogens (tertiary/aromatic N) is 4. The molecule has 0 aliphatic carbocycles. The van der Waals surface area contributed by atoms with Crippen LogP contribution in [-0.4, -0.2) is 50.3 Å². The first-order valence-electron chi connectivity index (χ1n) is 8.06. The Bertz CT molecular complexity index is 732. The molecule has 130 valence electrons. The number of aromatic nitrogens is 3. The van der Waals surface area contributed by atoms with Gasteiger partial charge in [-0.1, -0.05) is 0 Å². The Morgan fingerprint density at radius 3 is 2.75 bits per heavy atom. The van der Waals surface area contributed by atoms with E-state index < -0.39 is 5.60 Å². The van der Waals surface area contributed by atoms with Crippen molar-refractivity contribution in [1.29, 1.82) is 0 Å². The number of anilines is 1. The van der Waals surface area contributed by atoms with Gasteiger partial charge in [-0.15, -0.1) is 5.10 Å². The van der Waals surface area contributed by atoms with Crippen LogP contribution in [0.4, 0.5) is 10.7 Å². The maximum atomic E-state index is 12.1. The molecule has 0 saturated carbocycles. The van der Waals surface area contributed by atoms with Gasteiger partial charge in [-0.25, -0.2) is 14.3 Å². The zero-order chi connectivity index (χ0) is 17.3. The van der Waals surface area contributed by atoms with Crippen LogP contribution in [0.3, 0.4) is 0 Å². The fraction of sp³-hybridized carbons (Fsp3) is 0.562. The van der Waals surface area contributed by atoms with Crippen molar-refractivity contribution in [3.8, 4) is 0 Å². The molecule has 3 rings (SSSR count). The zero-order valence-corrected chi connectivity index (χ0v) is 15.7. The number of likely N-dealkylation sites (tertiary alicyclic amines) is 1. The Kier molecular flexibility index (Phi) is 4.67. The van der Waals surface area contributed by atoms with Crippen LogP contribution in [0.2, 0.25) is 0 Å². The van der Waals surface area contributed by atoms with Gasteiger partial charge in [-0.2, -0.15) is 0 Å². The second kappa shape index (κ2) is 6.58. The van der Waals surface area contributed by atoms with Crippen molar-refractivity contribution in [3.05, 3.63) is 22.9 Å². The van der Waals surface area contributed by atoms with Gasteiger partial charge in [0.05, 0.1) is 11.7 Å². The SMILES string of the molecule is CC(C)(C)OC(=O)N1CCC(Nc2ncc3c(Br)ccn3n2)CC1. The number of nitrogens with one attached hydrogen (secondary N) is 1. The number of hydrogen-bond acceptors (Lipinski definition) is 5. The lowest BCUT2D eigenvalue weighted by atomic mass is 10.1. The van der Waals surface area contributed by atoms with Crippen LogP contribution in [-0.2, 0) is 4.74 Å². The standard InChI is InChI=1S/C16H22BrN5O2/c1-16(2,3)24-15(23)21-7-4-11(5-8-21)19-14-18-10-13-12(17)6-9-22(13)20-14/h6,9-11H,4-5,7-8H2,1-3H3,(H,19,20). The highest BCUT2D eigenvalue weighted by Gasteiger charge is 2.27. The molecule has 0 radical (unpaired) electrons. The lowest BCUT2D eigenvalue weighted by Gasteiger charge is -2.33. The fourth-order valence-electron chi connectivity index (χ4n) is 2.65. The smallest absolute Gasteiger partial charge is 0.410 e. The third kappa shape index (κ3) is 3.98. The number of fused-ring (bicyclic) bond motifs is 1. The second-order valence-electron chi connectivity index (χ2n) is 6.96. The first kappa shape index (κ1) is 17.0. The number of rotatable bonds is 2. The number of piperidine rings is 1. The van der Waals surface area contributed by atoms with Gasteiger partial charge in [-0.05, 0) is 55.6 Å². The van der Waals surface area contributed by atoms with E-state index in [0.717, 1.165) is 22.8 Å². The molecule has 1 amide bonds. The molecule has 0 spiro atoms.